The van der Waals surface area contributed by atoms with Gasteiger partial charge in [-0.05, 0) is 86.6 Å². The van der Waals surface area contributed by atoms with Gasteiger partial charge in [-0.2, -0.15) is 4.98 Å². The van der Waals surface area contributed by atoms with Gasteiger partial charge in [0.25, 0.3) is 15.9 Å². The minimum Gasteiger partial charge on any atom is -0.475 e. The molecule has 2 saturated carbocycles. The van der Waals surface area contributed by atoms with Gasteiger partial charge < -0.3 is 10.1 Å². The number of carbonyl (C=O) groups is 1. The summed E-state index contributed by atoms with van der Waals surface area (Å²) in [6.07, 6.45) is 7.16. The Kier molecular flexibility index (Phi) is 6.13. The molecule has 1 aliphatic heterocycles. The fourth-order valence-corrected chi connectivity index (χ4v) is 7.31. The van der Waals surface area contributed by atoms with Crippen molar-refractivity contribution in [2.24, 2.45) is 11.3 Å². The average molecular weight is 533 g/mol. The van der Waals surface area contributed by atoms with Crippen LogP contribution >= 0.6 is 0 Å². The van der Waals surface area contributed by atoms with E-state index in [-0.39, 0.29) is 40.8 Å². The number of amides is 1. The summed E-state index contributed by atoms with van der Waals surface area (Å²) in [7, 11) is -4.05. The van der Waals surface area contributed by atoms with Crippen LogP contribution in [0.1, 0.15) is 60.0 Å². The molecule has 1 spiro atoms. The lowest BCUT2D eigenvalue weighted by atomic mass is 9.51. The monoisotopic (exact) mass is 532 g/mol. The molecule has 9 heteroatoms. The van der Waals surface area contributed by atoms with Crippen molar-refractivity contribution < 1.29 is 17.9 Å². The number of benzene rings is 2. The van der Waals surface area contributed by atoms with E-state index in [0.29, 0.717) is 17.0 Å². The van der Waals surface area contributed by atoms with Crippen LogP contribution in [-0.2, 0) is 10.0 Å². The van der Waals surface area contributed by atoms with Crippen molar-refractivity contribution in [1.82, 2.24) is 15.3 Å². The fourth-order valence-electron chi connectivity index (χ4n) is 6.32. The van der Waals surface area contributed by atoms with E-state index in [1.165, 1.54) is 44.2 Å². The highest BCUT2D eigenvalue weighted by atomic mass is 32.2. The molecular formula is C29H32N4O4S. The van der Waals surface area contributed by atoms with Crippen LogP contribution in [0.4, 0.5) is 5.95 Å². The Morgan fingerprint density at radius 1 is 1.03 bits per heavy atom. The lowest BCUT2D eigenvalue weighted by molar-refractivity contribution is -0.0327. The Balaban J connectivity index is 1.38. The van der Waals surface area contributed by atoms with Crippen molar-refractivity contribution in [3.8, 4) is 17.1 Å². The highest BCUT2D eigenvalue weighted by Gasteiger charge is 2.48. The van der Waals surface area contributed by atoms with Crippen LogP contribution in [0.15, 0.2) is 53.4 Å². The van der Waals surface area contributed by atoms with Crippen molar-refractivity contribution >= 4 is 21.9 Å². The van der Waals surface area contributed by atoms with Crippen molar-refractivity contribution in [2.45, 2.75) is 63.3 Å². The van der Waals surface area contributed by atoms with Crippen molar-refractivity contribution in [3.63, 3.8) is 0 Å². The molecule has 1 amide bonds. The van der Waals surface area contributed by atoms with E-state index in [1.54, 1.807) is 18.2 Å². The van der Waals surface area contributed by atoms with Gasteiger partial charge in [-0.15, -0.1) is 0 Å². The Morgan fingerprint density at radius 2 is 1.76 bits per heavy atom. The van der Waals surface area contributed by atoms with Gasteiger partial charge >= 0.3 is 0 Å². The number of ether oxygens (including phenoxy) is 1. The number of carbonyl (C=O) groups excluding carboxylic acids is 1. The molecule has 2 aromatic carbocycles. The Bertz CT molecular complexity index is 1490. The van der Waals surface area contributed by atoms with Gasteiger partial charge in [-0.25, -0.2) is 18.1 Å². The molecule has 4 bridgehead atoms. The Hall–Kier alpha value is -3.46. The Labute approximate surface area is 223 Å². The van der Waals surface area contributed by atoms with E-state index >= 15 is 0 Å². The number of hydrogen-bond acceptors (Lipinski definition) is 6. The molecule has 6 rings (SSSR count). The van der Waals surface area contributed by atoms with Gasteiger partial charge in [-0.3, -0.25) is 4.79 Å². The second kappa shape index (κ2) is 9.38. The predicted molar refractivity (Wildman–Crippen MR) is 145 cm³/mol. The molecule has 0 unspecified atom stereocenters. The number of sulfonamides is 1. The van der Waals surface area contributed by atoms with Crippen LogP contribution in [0.3, 0.4) is 0 Å². The van der Waals surface area contributed by atoms with Crippen molar-refractivity contribution in [3.05, 3.63) is 65.2 Å². The first-order valence-corrected chi connectivity index (χ1v) is 14.7. The maximum Gasteiger partial charge on any atom is 0.264 e. The second-order valence-corrected chi connectivity index (χ2v) is 12.8. The SMILES string of the molecule is Cc1cccc(C)c1-c1cc2nc(n1)NS(=O)(=O)c1cccc(c1)C(=O)N[C@H](CC1CC3(CCC3)C1)CO2. The molecule has 0 saturated heterocycles. The minimum atomic E-state index is -4.05. The molecule has 2 aliphatic carbocycles. The molecule has 2 N–H and O–H groups in total. The van der Waals surface area contributed by atoms with Gasteiger partial charge in [0.1, 0.15) is 6.61 Å². The highest BCUT2D eigenvalue weighted by Crippen LogP contribution is 2.59. The number of rotatable bonds is 3. The molecule has 38 heavy (non-hydrogen) atoms. The van der Waals surface area contributed by atoms with Crippen LogP contribution in [0.5, 0.6) is 5.88 Å². The summed E-state index contributed by atoms with van der Waals surface area (Å²) < 4.78 is 35.1. The molecule has 1 atom stereocenters. The summed E-state index contributed by atoms with van der Waals surface area (Å²) in [5.41, 5.74) is 4.30. The summed E-state index contributed by atoms with van der Waals surface area (Å²) in [4.78, 5) is 22.1. The smallest absolute Gasteiger partial charge is 0.264 e. The summed E-state index contributed by atoms with van der Waals surface area (Å²) in [5, 5.41) is 3.10. The van der Waals surface area contributed by atoms with Crippen LogP contribution in [0, 0.1) is 25.2 Å². The molecule has 8 nitrogen and oxygen atoms in total. The number of aryl methyl sites for hydroxylation is 2. The standard InChI is InChI=1S/C29H32N4O4S/c1-18-6-3-7-19(2)26(18)24-14-25-32-28(31-24)33-38(35,36)23-9-4-8-21(13-23)27(34)30-22(17-37-25)12-20-15-29(16-20)10-5-11-29/h3-4,6-9,13-14,20,22H,5,10-12,15-17H2,1-2H3,(H,30,34)(H,31,32,33)/t22-/m1/s1. The second-order valence-electron chi connectivity index (χ2n) is 11.2. The lowest BCUT2D eigenvalue weighted by Crippen LogP contribution is -2.47. The number of hydrogen-bond donors (Lipinski definition) is 2. The van der Waals surface area contributed by atoms with Crippen molar-refractivity contribution in [1.29, 1.82) is 0 Å². The quantitative estimate of drug-likeness (QED) is 0.490. The number of nitrogens with zero attached hydrogens (tertiary/aromatic N) is 2. The molecular weight excluding hydrogens is 500 g/mol. The van der Waals surface area contributed by atoms with Gasteiger partial charge in [-0.1, -0.05) is 30.7 Å². The molecule has 1 aromatic heterocycles. The zero-order valence-electron chi connectivity index (χ0n) is 21.7. The maximum atomic E-state index is 13.2. The van der Waals surface area contributed by atoms with E-state index in [1.807, 2.05) is 32.0 Å². The van der Waals surface area contributed by atoms with Crippen LogP contribution in [0.2, 0.25) is 0 Å². The number of fused-ring (bicyclic) bond motifs is 4. The third-order valence-electron chi connectivity index (χ3n) is 8.32. The normalized spacial score (nSPS) is 21.8. The number of aromatic nitrogens is 2. The molecule has 0 radical (unpaired) electrons. The topological polar surface area (TPSA) is 110 Å². The fraction of sp³-hybridized carbons (Fsp3) is 0.414. The van der Waals surface area contributed by atoms with E-state index in [0.717, 1.165) is 23.1 Å². The largest absolute Gasteiger partial charge is 0.475 e. The van der Waals surface area contributed by atoms with Gasteiger partial charge in [0.2, 0.25) is 11.8 Å². The van der Waals surface area contributed by atoms with Gasteiger partial charge in [0.05, 0.1) is 16.6 Å². The highest BCUT2D eigenvalue weighted by molar-refractivity contribution is 7.92. The third kappa shape index (κ3) is 4.75. The first-order chi connectivity index (χ1) is 18.2. The lowest BCUT2D eigenvalue weighted by Gasteiger charge is -2.55. The van der Waals surface area contributed by atoms with Crippen LogP contribution in [-0.4, -0.2) is 36.9 Å². The van der Waals surface area contributed by atoms with E-state index in [4.69, 9.17) is 4.74 Å². The predicted octanol–water partition coefficient (Wildman–Crippen LogP) is 5.02. The first kappa shape index (κ1) is 24.9. The minimum absolute atomic E-state index is 0.0320. The molecule has 3 aliphatic rings. The molecule has 2 fully saturated rings. The zero-order valence-corrected chi connectivity index (χ0v) is 22.5. The summed E-state index contributed by atoms with van der Waals surface area (Å²) in [6, 6.07) is 13.5. The average Bonchev–Trinajstić information content (AvgIpc) is 2.82. The van der Waals surface area contributed by atoms with Crippen molar-refractivity contribution in [2.75, 3.05) is 11.3 Å². The Morgan fingerprint density at radius 3 is 2.47 bits per heavy atom. The molecule has 198 valence electrons. The zero-order chi connectivity index (χ0) is 26.5. The van der Waals surface area contributed by atoms with E-state index < -0.39 is 10.0 Å². The number of anilines is 1. The first-order valence-electron chi connectivity index (χ1n) is 13.2. The van der Waals surface area contributed by atoms with Gasteiger partial charge in [0, 0.05) is 17.2 Å². The van der Waals surface area contributed by atoms with Crippen LogP contribution in [0.25, 0.3) is 11.3 Å². The molecule has 2 heterocycles. The summed E-state index contributed by atoms with van der Waals surface area (Å²) in [5.74, 6) is 0.400. The summed E-state index contributed by atoms with van der Waals surface area (Å²) in [6.45, 7) is 4.20. The maximum absolute atomic E-state index is 13.2. The summed E-state index contributed by atoms with van der Waals surface area (Å²) >= 11 is 0. The third-order valence-corrected chi connectivity index (χ3v) is 9.64. The van der Waals surface area contributed by atoms with E-state index in [9.17, 15) is 13.2 Å². The van der Waals surface area contributed by atoms with E-state index in [2.05, 4.69) is 20.0 Å². The van der Waals surface area contributed by atoms with Crippen LogP contribution < -0.4 is 14.8 Å². The number of nitrogens with one attached hydrogen (secondary N) is 2. The van der Waals surface area contributed by atoms with Gasteiger partial charge in [0.15, 0.2) is 0 Å². The molecule has 3 aromatic rings.